The predicted octanol–water partition coefficient (Wildman–Crippen LogP) is 1.38. The van der Waals surface area contributed by atoms with Crippen LogP contribution in [0.3, 0.4) is 0 Å². The van der Waals surface area contributed by atoms with E-state index in [1.807, 2.05) is 0 Å². The third-order valence-corrected chi connectivity index (χ3v) is 4.71. The largest absolute Gasteiger partial charge is 0.381 e. The van der Waals surface area contributed by atoms with Crippen LogP contribution in [0, 0.1) is 0 Å². The molecule has 0 saturated carbocycles. The van der Waals surface area contributed by atoms with E-state index in [1.54, 1.807) is 0 Å². The maximum absolute atomic E-state index is 6.19. The molecule has 1 aromatic carbocycles. The van der Waals surface area contributed by atoms with Gasteiger partial charge >= 0.3 is 0 Å². The zero-order valence-electron chi connectivity index (χ0n) is 13.0. The molecule has 5 nitrogen and oxygen atoms in total. The van der Waals surface area contributed by atoms with Crippen LogP contribution in [-0.2, 0) is 14.9 Å². The highest BCUT2D eigenvalue weighted by molar-refractivity contribution is 5.78. The highest BCUT2D eigenvalue weighted by Gasteiger charge is 2.34. The first kappa shape index (κ1) is 15.3. The fourth-order valence-corrected chi connectivity index (χ4v) is 3.22. The molecule has 120 valence electrons. The number of nitrogens with zero attached hydrogens (tertiary/aromatic N) is 2. The van der Waals surface area contributed by atoms with Crippen LogP contribution in [-0.4, -0.2) is 56.9 Å². The van der Waals surface area contributed by atoms with E-state index in [2.05, 4.69) is 35.2 Å². The molecule has 2 saturated heterocycles. The summed E-state index contributed by atoms with van der Waals surface area (Å²) in [5.74, 6) is 0.644. The Morgan fingerprint density at radius 2 is 1.68 bits per heavy atom. The summed E-state index contributed by atoms with van der Waals surface area (Å²) in [5, 5.41) is 0. The van der Waals surface area contributed by atoms with Gasteiger partial charge in [0.05, 0.1) is 19.8 Å². The molecule has 0 bridgehead atoms. The number of guanidine groups is 1. The summed E-state index contributed by atoms with van der Waals surface area (Å²) in [6.45, 7) is 5.43. The molecule has 3 rings (SSSR count). The molecule has 2 fully saturated rings. The van der Waals surface area contributed by atoms with Gasteiger partial charge in [0.25, 0.3) is 0 Å². The molecule has 2 aliphatic heterocycles. The van der Waals surface area contributed by atoms with Crippen LogP contribution in [0.1, 0.15) is 18.4 Å². The second-order valence-corrected chi connectivity index (χ2v) is 6.03. The average molecular weight is 303 g/mol. The van der Waals surface area contributed by atoms with E-state index in [-0.39, 0.29) is 5.41 Å². The minimum atomic E-state index is 0.0520. The maximum Gasteiger partial charge on any atom is 0.191 e. The fourth-order valence-electron chi connectivity index (χ4n) is 3.22. The highest BCUT2D eigenvalue weighted by Crippen LogP contribution is 2.35. The Bertz CT molecular complexity index is 492. The zero-order valence-corrected chi connectivity index (χ0v) is 13.0. The lowest BCUT2D eigenvalue weighted by Gasteiger charge is -2.37. The van der Waals surface area contributed by atoms with Crippen LogP contribution in [0.25, 0.3) is 0 Å². The molecule has 0 spiro atoms. The normalized spacial score (nSPS) is 22.5. The van der Waals surface area contributed by atoms with E-state index in [4.69, 9.17) is 20.2 Å². The van der Waals surface area contributed by atoms with Gasteiger partial charge in [-0.3, -0.25) is 4.99 Å². The monoisotopic (exact) mass is 303 g/mol. The molecule has 2 aliphatic rings. The molecule has 1 aromatic rings. The van der Waals surface area contributed by atoms with Crippen molar-refractivity contribution in [3.05, 3.63) is 35.9 Å². The minimum Gasteiger partial charge on any atom is -0.381 e. The SMILES string of the molecule is NC(=NCC1(c2ccccc2)CCOCC1)N1CCOCC1. The Labute approximate surface area is 132 Å². The highest BCUT2D eigenvalue weighted by atomic mass is 16.5. The lowest BCUT2D eigenvalue weighted by Crippen LogP contribution is -2.46. The molecule has 22 heavy (non-hydrogen) atoms. The van der Waals surface area contributed by atoms with E-state index < -0.39 is 0 Å². The minimum absolute atomic E-state index is 0.0520. The number of benzene rings is 1. The summed E-state index contributed by atoms with van der Waals surface area (Å²) in [4.78, 5) is 6.84. The van der Waals surface area contributed by atoms with Crippen molar-refractivity contribution in [1.29, 1.82) is 0 Å². The molecule has 2 N–H and O–H groups in total. The molecule has 0 aliphatic carbocycles. The van der Waals surface area contributed by atoms with Gasteiger partial charge in [-0.1, -0.05) is 30.3 Å². The van der Waals surface area contributed by atoms with Gasteiger partial charge in [-0.25, -0.2) is 0 Å². The van der Waals surface area contributed by atoms with Crippen molar-refractivity contribution in [2.45, 2.75) is 18.3 Å². The van der Waals surface area contributed by atoms with Gasteiger partial charge in [0.2, 0.25) is 0 Å². The first-order valence-corrected chi connectivity index (χ1v) is 8.06. The van der Waals surface area contributed by atoms with E-state index in [9.17, 15) is 0 Å². The smallest absolute Gasteiger partial charge is 0.191 e. The van der Waals surface area contributed by atoms with Crippen molar-refractivity contribution in [2.75, 3.05) is 46.1 Å². The zero-order chi connectivity index (χ0) is 15.3. The number of morpholine rings is 1. The topological polar surface area (TPSA) is 60.1 Å². The second-order valence-electron chi connectivity index (χ2n) is 6.03. The van der Waals surface area contributed by atoms with Crippen LogP contribution in [0.4, 0.5) is 0 Å². The van der Waals surface area contributed by atoms with Crippen molar-refractivity contribution in [3.8, 4) is 0 Å². The Morgan fingerprint density at radius 3 is 2.36 bits per heavy atom. The average Bonchev–Trinajstić information content (AvgIpc) is 2.62. The molecular formula is C17H25N3O2. The van der Waals surface area contributed by atoms with Crippen molar-refractivity contribution in [1.82, 2.24) is 4.90 Å². The lowest BCUT2D eigenvalue weighted by molar-refractivity contribution is 0.0524. The Hall–Kier alpha value is -1.59. The summed E-state index contributed by atoms with van der Waals surface area (Å²) in [5.41, 5.74) is 7.59. The van der Waals surface area contributed by atoms with Crippen LogP contribution in [0.5, 0.6) is 0 Å². The first-order valence-electron chi connectivity index (χ1n) is 8.06. The second kappa shape index (κ2) is 7.11. The van der Waals surface area contributed by atoms with Gasteiger partial charge in [-0.15, -0.1) is 0 Å². The number of nitrogens with two attached hydrogens (primary N) is 1. The number of rotatable bonds is 3. The van der Waals surface area contributed by atoms with Gasteiger partial charge in [-0.05, 0) is 18.4 Å². The summed E-state index contributed by atoms with van der Waals surface area (Å²) in [6.07, 6.45) is 1.99. The van der Waals surface area contributed by atoms with Crippen molar-refractivity contribution >= 4 is 5.96 Å². The summed E-state index contributed by atoms with van der Waals surface area (Å²) >= 11 is 0. The van der Waals surface area contributed by atoms with E-state index in [0.717, 1.165) is 58.9 Å². The van der Waals surface area contributed by atoms with E-state index >= 15 is 0 Å². The number of aliphatic imine (C=N–C) groups is 1. The molecule has 0 radical (unpaired) electrons. The van der Waals surface area contributed by atoms with Crippen LogP contribution in [0.15, 0.2) is 35.3 Å². The third-order valence-electron chi connectivity index (χ3n) is 4.71. The molecule has 0 unspecified atom stereocenters. The van der Waals surface area contributed by atoms with Gasteiger partial charge in [0, 0.05) is 31.7 Å². The van der Waals surface area contributed by atoms with Crippen molar-refractivity contribution < 1.29 is 9.47 Å². The molecule has 0 atom stereocenters. The van der Waals surface area contributed by atoms with Gasteiger partial charge < -0.3 is 20.1 Å². The standard InChI is InChI=1S/C17H25N3O2/c18-16(20-8-12-22-13-9-20)19-14-17(6-10-21-11-7-17)15-4-2-1-3-5-15/h1-5H,6-14H2,(H2,18,19). The van der Waals surface area contributed by atoms with E-state index in [1.165, 1.54) is 5.56 Å². The lowest BCUT2D eigenvalue weighted by atomic mass is 9.74. The quantitative estimate of drug-likeness (QED) is 0.677. The molecule has 5 heteroatoms. The van der Waals surface area contributed by atoms with Crippen molar-refractivity contribution in [3.63, 3.8) is 0 Å². The number of hydrogen-bond donors (Lipinski definition) is 1. The summed E-state index contributed by atoms with van der Waals surface area (Å²) in [6, 6.07) is 10.7. The first-order chi connectivity index (χ1) is 10.8. The summed E-state index contributed by atoms with van der Waals surface area (Å²) in [7, 11) is 0. The molecule has 0 amide bonds. The molecular weight excluding hydrogens is 278 g/mol. The van der Waals surface area contributed by atoms with Gasteiger partial charge in [0.1, 0.15) is 0 Å². The Balaban J connectivity index is 1.75. The Morgan fingerprint density at radius 1 is 1.05 bits per heavy atom. The van der Waals surface area contributed by atoms with Gasteiger partial charge in [-0.2, -0.15) is 0 Å². The number of hydrogen-bond acceptors (Lipinski definition) is 3. The van der Waals surface area contributed by atoms with Crippen LogP contribution in [0.2, 0.25) is 0 Å². The molecule has 2 heterocycles. The third kappa shape index (κ3) is 3.42. The van der Waals surface area contributed by atoms with Gasteiger partial charge in [0.15, 0.2) is 5.96 Å². The van der Waals surface area contributed by atoms with Crippen LogP contribution >= 0.6 is 0 Å². The van der Waals surface area contributed by atoms with E-state index in [0.29, 0.717) is 5.96 Å². The molecule has 0 aromatic heterocycles. The van der Waals surface area contributed by atoms with Crippen LogP contribution < -0.4 is 5.73 Å². The Kier molecular flexibility index (Phi) is 4.95. The summed E-state index contributed by atoms with van der Waals surface area (Å²) < 4.78 is 10.9. The fraction of sp³-hybridized carbons (Fsp3) is 0.588. The maximum atomic E-state index is 6.19. The van der Waals surface area contributed by atoms with Crippen molar-refractivity contribution in [2.24, 2.45) is 10.7 Å². The predicted molar refractivity (Wildman–Crippen MR) is 87.1 cm³/mol. The number of ether oxygens (including phenoxy) is 2.